The number of aliphatic hydroxyl groups excluding tert-OH is 4. The van der Waals surface area contributed by atoms with Gasteiger partial charge in [-0.15, -0.1) is 0 Å². The van der Waals surface area contributed by atoms with Crippen LogP contribution in [0.1, 0.15) is 5.56 Å². The van der Waals surface area contributed by atoms with E-state index in [1.807, 2.05) is 30.3 Å². The van der Waals surface area contributed by atoms with Gasteiger partial charge in [0.2, 0.25) is 0 Å². The van der Waals surface area contributed by atoms with E-state index in [4.69, 9.17) is 14.6 Å². The number of hydrogen-bond donors (Lipinski definition) is 4. The van der Waals surface area contributed by atoms with Crippen LogP contribution in [0.25, 0.3) is 0 Å². The lowest BCUT2D eigenvalue weighted by atomic mass is 9.99. The standard InChI is InChI=1S/C13H18O6/c14-6-9-10(15)12(11(16)13(17)19-9)18-7-8-4-2-1-3-5-8/h1-5,9-17H,6-7H2/t9-,10-,11-,12+,13+/m0/s1. The Hall–Kier alpha value is -1.02. The summed E-state index contributed by atoms with van der Waals surface area (Å²) in [6.45, 7) is -0.277. The van der Waals surface area contributed by atoms with E-state index in [2.05, 4.69) is 0 Å². The highest BCUT2D eigenvalue weighted by molar-refractivity contribution is 5.13. The number of aliphatic hydroxyl groups is 4. The van der Waals surface area contributed by atoms with Crippen molar-refractivity contribution < 1.29 is 29.9 Å². The van der Waals surface area contributed by atoms with E-state index in [-0.39, 0.29) is 6.61 Å². The van der Waals surface area contributed by atoms with Gasteiger partial charge in [0.15, 0.2) is 6.29 Å². The van der Waals surface area contributed by atoms with Crippen molar-refractivity contribution in [2.45, 2.75) is 37.3 Å². The number of hydrogen-bond acceptors (Lipinski definition) is 6. The third-order valence-electron chi connectivity index (χ3n) is 3.13. The topological polar surface area (TPSA) is 99.4 Å². The lowest BCUT2D eigenvalue weighted by Gasteiger charge is -2.39. The van der Waals surface area contributed by atoms with Crippen molar-refractivity contribution in [2.24, 2.45) is 0 Å². The maximum Gasteiger partial charge on any atom is 0.184 e. The van der Waals surface area contributed by atoms with E-state index in [0.717, 1.165) is 5.56 Å². The summed E-state index contributed by atoms with van der Waals surface area (Å²) in [7, 11) is 0. The fraction of sp³-hybridized carbons (Fsp3) is 0.538. The summed E-state index contributed by atoms with van der Waals surface area (Å²) in [5, 5.41) is 38.2. The highest BCUT2D eigenvalue weighted by Crippen LogP contribution is 2.23. The SMILES string of the molecule is OC[C@@H]1O[C@@H](O)[C@@H](O)[C@H](OCc2ccccc2)[C@H]1O. The molecule has 0 aliphatic carbocycles. The van der Waals surface area contributed by atoms with Crippen molar-refractivity contribution in [3.63, 3.8) is 0 Å². The van der Waals surface area contributed by atoms with Crippen molar-refractivity contribution >= 4 is 0 Å². The van der Waals surface area contributed by atoms with Crippen LogP contribution in [-0.4, -0.2) is 57.7 Å². The Kier molecular flexibility index (Phi) is 4.87. The van der Waals surface area contributed by atoms with Gasteiger partial charge >= 0.3 is 0 Å². The predicted molar refractivity (Wildman–Crippen MR) is 65.0 cm³/mol. The molecule has 0 spiro atoms. The second kappa shape index (κ2) is 6.42. The monoisotopic (exact) mass is 270 g/mol. The van der Waals surface area contributed by atoms with Gasteiger partial charge in [0, 0.05) is 0 Å². The summed E-state index contributed by atoms with van der Waals surface area (Å²) in [6, 6.07) is 9.26. The van der Waals surface area contributed by atoms with Crippen molar-refractivity contribution in [2.75, 3.05) is 6.61 Å². The smallest absolute Gasteiger partial charge is 0.184 e. The molecule has 4 N–H and O–H groups in total. The highest BCUT2D eigenvalue weighted by Gasteiger charge is 2.44. The first-order chi connectivity index (χ1) is 9.13. The molecular weight excluding hydrogens is 252 g/mol. The van der Waals surface area contributed by atoms with Gasteiger partial charge in [-0.2, -0.15) is 0 Å². The van der Waals surface area contributed by atoms with Crippen LogP contribution in [0.3, 0.4) is 0 Å². The van der Waals surface area contributed by atoms with E-state index in [9.17, 15) is 15.3 Å². The second-order valence-corrected chi connectivity index (χ2v) is 4.49. The quantitative estimate of drug-likeness (QED) is 0.560. The molecule has 5 atom stereocenters. The zero-order chi connectivity index (χ0) is 13.8. The van der Waals surface area contributed by atoms with Crippen LogP contribution in [0.4, 0.5) is 0 Å². The number of ether oxygens (including phenoxy) is 2. The Labute approximate surface area is 110 Å². The first-order valence-electron chi connectivity index (χ1n) is 6.09. The molecule has 1 aliphatic heterocycles. The predicted octanol–water partition coefficient (Wildman–Crippen LogP) is -0.997. The molecule has 0 amide bonds. The van der Waals surface area contributed by atoms with E-state index < -0.39 is 37.3 Å². The Morgan fingerprint density at radius 1 is 1.05 bits per heavy atom. The minimum Gasteiger partial charge on any atom is -0.394 e. The fourth-order valence-corrected chi connectivity index (χ4v) is 2.03. The molecule has 6 nitrogen and oxygen atoms in total. The summed E-state index contributed by atoms with van der Waals surface area (Å²) in [5.41, 5.74) is 0.878. The summed E-state index contributed by atoms with van der Waals surface area (Å²) >= 11 is 0. The maximum absolute atomic E-state index is 9.91. The van der Waals surface area contributed by atoms with Crippen LogP contribution in [0.15, 0.2) is 30.3 Å². The summed E-state index contributed by atoms with van der Waals surface area (Å²) < 4.78 is 10.3. The molecule has 1 heterocycles. The average Bonchev–Trinajstić information content (AvgIpc) is 2.44. The molecule has 106 valence electrons. The van der Waals surface area contributed by atoms with Gasteiger partial charge in [0.05, 0.1) is 13.2 Å². The van der Waals surface area contributed by atoms with E-state index in [1.54, 1.807) is 0 Å². The number of rotatable bonds is 4. The molecular formula is C13H18O6. The molecule has 0 bridgehead atoms. The molecule has 0 saturated carbocycles. The summed E-state index contributed by atoms with van der Waals surface area (Å²) in [4.78, 5) is 0. The van der Waals surface area contributed by atoms with Crippen LogP contribution in [0.2, 0.25) is 0 Å². The van der Waals surface area contributed by atoms with E-state index in [1.165, 1.54) is 0 Å². The molecule has 1 saturated heterocycles. The van der Waals surface area contributed by atoms with Crippen LogP contribution in [0.5, 0.6) is 0 Å². The normalized spacial score (nSPS) is 35.3. The van der Waals surface area contributed by atoms with Crippen LogP contribution >= 0.6 is 0 Å². The van der Waals surface area contributed by atoms with E-state index >= 15 is 0 Å². The minimum absolute atomic E-state index is 0.185. The fourth-order valence-electron chi connectivity index (χ4n) is 2.03. The lowest BCUT2D eigenvalue weighted by Crippen LogP contribution is -2.59. The van der Waals surface area contributed by atoms with Crippen LogP contribution in [0, 0.1) is 0 Å². The van der Waals surface area contributed by atoms with Gasteiger partial charge in [-0.05, 0) is 5.56 Å². The molecule has 1 aromatic rings. The molecule has 1 aliphatic rings. The van der Waals surface area contributed by atoms with Gasteiger partial charge in [0.25, 0.3) is 0 Å². The van der Waals surface area contributed by atoms with Crippen LogP contribution < -0.4 is 0 Å². The van der Waals surface area contributed by atoms with Crippen molar-refractivity contribution in [3.8, 4) is 0 Å². The third-order valence-corrected chi connectivity index (χ3v) is 3.13. The highest BCUT2D eigenvalue weighted by atomic mass is 16.6. The second-order valence-electron chi connectivity index (χ2n) is 4.49. The lowest BCUT2D eigenvalue weighted by molar-refractivity contribution is -0.296. The molecule has 0 aromatic heterocycles. The maximum atomic E-state index is 9.91. The van der Waals surface area contributed by atoms with Gasteiger partial charge < -0.3 is 29.9 Å². The zero-order valence-electron chi connectivity index (χ0n) is 10.3. The number of benzene rings is 1. The zero-order valence-corrected chi connectivity index (χ0v) is 10.3. The third kappa shape index (κ3) is 3.30. The van der Waals surface area contributed by atoms with Crippen molar-refractivity contribution in [3.05, 3.63) is 35.9 Å². The van der Waals surface area contributed by atoms with Gasteiger partial charge in [-0.3, -0.25) is 0 Å². The van der Waals surface area contributed by atoms with Crippen molar-refractivity contribution in [1.29, 1.82) is 0 Å². The summed E-state index contributed by atoms with van der Waals surface area (Å²) in [6.07, 6.45) is -6.03. The Morgan fingerprint density at radius 2 is 1.74 bits per heavy atom. The van der Waals surface area contributed by atoms with Gasteiger partial charge in [-0.1, -0.05) is 30.3 Å². The first kappa shape index (κ1) is 14.4. The minimum atomic E-state index is -1.48. The van der Waals surface area contributed by atoms with E-state index in [0.29, 0.717) is 0 Å². The van der Waals surface area contributed by atoms with Gasteiger partial charge in [-0.25, -0.2) is 0 Å². The Morgan fingerprint density at radius 3 is 2.37 bits per heavy atom. The molecule has 0 unspecified atom stereocenters. The van der Waals surface area contributed by atoms with Crippen molar-refractivity contribution in [1.82, 2.24) is 0 Å². The summed E-state index contributed by atoms with van der Waals surface area (Å²) in [5.74, 6) is 0. The Balaban J connectivity index is 2.00. The molecule has 0 radical (unpaired) electrons. The average molecular weight is 270 g/mol. The first-order valence-corrected chi connectivity index (χ1v) is 6.09. The molecule has 6 heteroatoms. The molecule has 19 heavy (non-hydrogen) atoms. The Bertz CT molecular complexity index is 384. The molecule has 1 aromatic carbocycles. The largest absolute Gasteiger partial charge is 0.394 e. The van der Waals surface area contributed by atoms with Gasteiger partial charge in [0.1, 0.15) is 24.4 Å². The van der Waals surface area contributed by atoms with Crippen LogP contribution in [-0.2, 0) is 16.1 Å². The molecule has 1 fully saturated rings. The molecule has 2 rings (SSSR count).